The van der Waals surface area contributed by atoms with Gasteiger partial charge in [0.2, 0.25) is 5.88 Å². The first-order valence-corrected chi connectivity index (χ1v) is 8.52. The number of nitrogens with one attached hydrogen (secondary N) is 2. The van der Waals surface area contributed by atoms with Gasteiger partial charge in [-0.25, -0.2) is 0 Å². The van der Waals surface area contributed by atoms with Crippen molar-refractivity contribution in [2.45, 2.75) is 45.6 Å². The number of anilines is 2. The van der Waals surface area contributed by atoms with Gasteiger partial charge in [-0.15, -0.1) is 0 Å². The number of hydrogen-bond acceptors (Lipinski definition) is 6. The molecule has 130 valence electrons. The van der Waals surface area contributed by atoms with Crippen molar-refractivity contribution in [3.63, 3.8) is 0 Å². The van der Waals surface area contributed by atoms with E-state index in [9.17, 15) is 0 Å². The molecule has 24 heavy (non-hydrogen) atoms. The molecule has 2 N–H and O–H groups in total. The minimum absolute atomic E-state index is 0.211. The summed E-state index contributed by atoms with van der Waals surface area (Å²) in [5.41, 5.74) is 1.89. The second kappa shape index (κ2) is 7.17. The fraction of sp³-hybridized carbons (Fsp3) is 0.588. The molecular weight excluding hydrogens is 304 g/mol. The first-order valence-electron chi connectivity index (χ1n) is 8.52. The summed E-state index contributed by atoms with van der Waals surface area (Å²) < 4.78 is 6.09. The van der Waals surface area contributed by atoms with Crippen LogP contribution in [-0.2, 0) is 0 Å². The van der Waals surface area contributed by atoms with Crippen molar-refractivity contribution in [3.8, 4) is 5.88 Å². The fourth-order valence-corrected chi connectivity index (χ4v) is 2.69. The Hall–Kier alpha value is -2.15. The predicted molar refractivity (Wildman–Crippen MR) is 93.9 cm³/mol. The Morgan fingerprint density at radius 1 is 1.29 bits per heavy atom. The molecule has 7 heteroatoms. The van der Waals surface area contributed by atoms with Gasteiger partial charge < -0.3 is 15.0 Å². The average Bonchev–Trinajstić information content (AvgIpc) is 3.01. The van der Waals surface area contributed by atoms with Gasteiger partial charge in [-0.2, -0.15) is 10.1 Å². The molecule has 1 saturated heterocycles. The molecule has 2 aromatic rings. The van der Waals surface area contributed by atoms with Crippen molar-refractivity contribution in [2.24, 2.45) is 0 Å². The topological polar surface area (TPSA) is 79.0 Å². The second-order valence-corrected chi connectivity index (χ2v) is 6.75. The summed E-state index contributed by atoms with van der Waals surface area (Å²) in [7, 11) is 2.14. The van der Waals surface area contributed by atoms with Crippen LogP contribution in [0.3, 0.4) is 0 Å². The third kappa shape index (κ3) is 4.03. The fourth-order valence-electron chi connectivity index (χ4n) is 2.69. The zero-order valence-corrected chi connectivity index (χ0v) is 14.8. The van der Waals surface area contributed by atoms with Crippen LogP contribution >= 0.6 is 0 Å². The molecule has 3 rings (SSSR count). The summed E-state index contributed by atoms with van der Waals surface area (Å²) in [6, 6.07) is 1.99. The Morgan fingerprint density at radius 3 is 2.71 bits per heavy atom. The maximum Gasteiger partial charge on any atom is 0.237 e. The van der Waals surface area contributed by atoms with Crippen LogP contribution in [0.1, 0.15) is 44.0 Å². The molecule has 0 atom stereocenters. The van der Waals surface area contributed by atoms with E-state index in [1.54, 1.807) is 6.20 Å². The first-order chi connectivity index (χ1) is 11.5. The number of hydrogen-bond donors (Lipinski definition) is 2. The second-order valence-electron chi connectivity index (χ2n) is 6.75. The molecule has 0 unspecified atom stereocenters. The van der Waals surface area contributed by atoms with E-state index >= 15 is 0 Å². The summed E-state index contributed by atoms with van der Waals surface area (Å²) >= 11 is 0. The van der Waals surface area contributed by atoms with E-state index in [4.69, 9.17) is 4.74 Å². The summed E-state index contributed by atoms with van der Waals surface area (Å²) in [5, 5.41) is 10.5. The number of rotatable bonds is 5. The molecule has 1 aliphatic rings. The van der Waals surface area contributed by atoms with Crippen LogP contribution in [0.4, 0.5) is 11.6 Å². The zero-order valence-electron chi connectivity index (χ0n) is 14.8. The van der Waals surface area contributed by atoms with E-state index < -0.39 is 0 Å². The van der Waals surface area contributed by atoms with E-state index in [0.717, 1.165) is 43.1 Å². The van der Waals surface area contributed by atoms with Crippen molar-refractivity contribution in [1.82, 2.24) is 25.1 Å². The van der Waals surface area contributed by atoms with E-state index in [1.807, 2.05) is 13.0 Å². The van der Waals surface area contributed by atoms with Crippen molar-refractivity contribution < 1.29 is 4.74 Å². The average molecular weight is 330 g/mol. The number of aromatic nitrogens is 4. The normalized spacial score (nSPS) is 16.5. The van der Waals surface area contributed by atoms with E-state index in [0.29, 0.717) is 17.6 Å². The third-order valence-corrected chi connectivity index (χ3v) is 4.33. The summed E-state index contributed by atoms with van der Waals surface area (Å²) in [5.74, 6) is 2.39. The van der Waals surface area contributed by atoms with Gasteiger partial charge in [0.15, 0.2) is 11.6 Å². The molecule has 0 bridgehead atoms. The Kier molecular flexibility index (Phi) is 4.99. The van der Waals surface area contributed by atoms with Crippen LogP contribution in [0.25, 0.3) is 0 Å². The smallest absolute Gasteiger partial charge is 0.237 e. The number of ether oxygens (including phenoxy) is 1. The Morgan fingerprint density at radius 2 is 2.04 bits per heavy atom. The highest BCUT2D eigenvalue weighted by Gasteiger charge is 2.20. The summed E-state index contributed by atoms with van der Waals surface area (Å²) in [6.45, 7) is 8.28. The molecule has 1 aliphatic heterocycles. The molecule has 0 aromatic carbocycles. The van der Waals surface area contributed by atoms with E-state index in [2.05, 4.69) is 51.3 Å². The van der Waals surface area contributed by atoms with Gasteiger partial charge in [0, 0.05) is 24.8 Å². The number of H-pyrrole nitrogens is 1. The number of aromatic amines is 1. The highest BCUT2D eigenvalue weighted by atomic mass is 16.5. The monoisotopic (exact) mass is 330 g/mol. The molecule has 0 radical (unpaired) electrons. The number of nitrogens with zero attached hydrogens (tertiary/aromatic N) is 4. The number of likely N-dealkylation sites (tertiary alicyclic amines) is 1. The maximum atomic E-state index is 6.09. The van der Waals surface area contributed by atoms with Gasteiger partial charge in [-0.05, 0) is 32.7 Å². The number of aryl methyl sites for hydroxylation is 1. The van der Waals surface area contributed by atoms with Crippen LogP contribution in [-0.4, -0.2) is 51.3 Å². The molecule has 7 nitrogen and oxygen atoms in total. The van der Waals surface area contributed by atoms with Gasteiger partial charge in [0.25, 0.3) is 0 Å². The molecule has 3 heterocycles. The van der Waals surface area contributed by atoms with Crippen LogP contribution in [0, 0.1) is 6.92 Å². The van der Waals surface area contributed by atoms with Gasteiger partial charge >= 0.3 is 0 Å². The van der Waals surface area contributed by atoms with E-state index in [-0.39, 0.29) is 6.10 Å². The summed E-state index contributed by atoms with van der Waals surface area (Å²) in [4.78, 5) is 11.3. The highest BCUT2D eigenvalue weighted by molar-refractivity contribution is 5.51. The maximum absolute atomic E-state index is 6.09. The van der Waals surface area contributed by atoms with Crippen LogP contribution in [0.15, 0.2) is 12.3 Å². The van der Waals surface area contributed by atoms with Gasteiger partial charge in [-0.3, -0.25) is 10.1 Å². The molecule has 1 fully saturated rings. The van der Waals surface area contributed by atoms with Crippen LogP contribution in [0.5, 0.6) is 5.88 Å². The largest absolute Gasteiger partial charge is 0.473 e. The van der Waals surface area contributed by atoms with E-state index in [1.165, 1.54) is 0 Å². The third-order valence-electron chi connectivity index (χ3n) is 4.33. The van der Waals surface area contributed by atoms with Gasteiger partial charge in [0.1, 0.15) is 6.10 Å². The highest BCUT2D eigenvalue weighted by Crippen LogP contribution is 2.23. The van der Waals surface area contributed by atoms with Crippen molar-refractivity contribution in [1.29, 1.82) is 0 Å². The molecule has 2 aromatic heterocycles. The molecular formula is C17H26N6O. The van der Waals surface area contributed by atoms with Crippen molar-refractivity contribution in [2.75, 3.05) is 25.5 Å². The molecule has 0 spiro atoms. The quantitative estimate of drug-likeness (QED) is 0.877. The molecule has 0 aliphatic carbocycles. The number of piperidine rings is 1. The summed E-state index contributed by atoms with van der Waals surface area (Å²) in [6.07, 6.45) is 3.96. The van der Waals surface area contributed by atoms with Gasteiger partial charge in [0.05, 0.1) is 11.9 Å². The van der Waals surface area contributed by atoms with Crippen LogP contribution < -0.4 is 10.1 Å². The van der Waals surface area contributed by atoms with Crippen LogP contribution in [0.2, 0.25) is 0 Å². The van der Waals surface area contributed by atoms with Gasteiger partial charge in [-0.1, -0.05) is 13.8 Å². The van der Waals surface area contributed by atoms with Crippen molar-refractivity contribution in [3.05, 3.63) is 23.7 Å². The lowest BCUT2D eigenvalue weighted by Crippen LogP contribution is -2.36. The molecule has 0 saturated carbocycles. The predicted octanol–water partition coefficient (Wildman–Crippen LogP) is 2.85. The lowest BCUT2D eigenvalue weighted by molar-refractivity contribution is 0.109. The SMILES string of the molecule is Cc1ncc(Nc2cc(C(C)C)[nH]n2)nc1OC1CCN(C)CC1. The first kappa shape index (κ1) is 16.7. The minimum atomic E-state index is 0.211. The lowest BCUT2D eigenvalue weighted by atomic mass is 10.1. The van der Waals surface area contributed by atoms with Crippen molar-refractivity contribution >= 4 is 11.6 Å². The Labute approximate surface area is 142 Å². The molecule has 0 amide bonds. The standard InChI is InChI=1S/C17H26N6O/c1-11(2)14-9-15(22-21-14)19-16-10-18-12(3)17(20-16)24-13-5-7-23(4)8-6-13/h9-11,13H,5-8H2,1-4H3,(H2,19,20,21,22). The Balaban J connectivity index is 1.68. The lowest BCUT2D eigenvalue weighted by Gasteiger charge is -2.29. The Bertz CT molecular complexity index is 675. The zero-order chi connectivity index (χ0) is 17.1. The minimum Gasteiger partial charge on any atom is -0.473 e.